The fourth-order valence-corrected chi connectivity index (χ4v) is 2.62. The third-order valence-corrected chi connectivity index (χ3v) is 4.17. The predicted octanol–water partition coefficient (Wildman–Crippen LogP) is 3.54. The van der Waals surface area contributed by atoms with Crippen molar-refractivity contribution in [2.45, 2.75) is 33.1 Å². The molecule has 0 fully saturated rings. The molecular formula is C20H23ClN2O3. The van der Waals surface area contributed by atoms with Crippen molar-refractivity contribution >= 4 is 23.4 Å². The van der Waals surface area contributed by atoms with Gasteiger partial charge in [-0.05, 0) is 41.7 Å². The van der Waals surface area contributed by atoms with E-state index in [0.717, 1.165) is 11.1 Å². The van der Waals surface area contributed by atoms with Crippen LogP contribution in [0.3, 0.4) is 0 Å². The van der Waals surface area contributed by atoms with Crippen LogP contribution in [0.1, 0.15) is 36.5 Å². The van der Waals surface area contributed by atoms with E-state index in [4.69, 9.17) is 16.3 Å². The molecule has 2 N–H and O–H groups in total. The number of benzene rings is 2. The summed E-state index contributed by atoms with van der Waals surface area (Å²) in [5.41, 5.74) is 7.50. The first kappa shape index (κ1) is 19.8. The molecule has 2 rings (SSSR count). The maximum Gasteiger partial charge on any atom is 0.276 e. The Bertz CT molecular complexity index is 790. The van der Waals surface area contributed by atoms with E-state index < -0.39 is 5.91 Å². The highest BCUT2D eigenvalue weighted by Crippen LogP contribution is 2.27. The molecule has 0 aliphatic rings. The van der Waals surface area contributed by atoms with Crippen LogP contribution in [0.4, 0.5) is 0 Å². The largest absolute Gasteiger partial charge is 0.483 e. The normalized spacial score (nSPS) is 10.5. The fourth-order valence-electron chi connectivity index (χ4n) is 2.42. The lowest BCUT2D eigenvalue weighted by Gasteiger charge is -2.15. The van der Waals surface area contributed by atoms with E-state index in [2.05, 4.69) is 24.7 Å². The Hall–Kier alpha value is -2.53. The fraction of sp³-hybridized carbons (Fsp3) is 0.300. The molecule has 26 heavy (non-hydrogen) atoms. The Morgan fingerprint density at radius 3 is 2.46 bits per heavy atom. The molecule has 6 heteroatoms. The Kier molecular flexibility index (Phi) is 7.04. The van der Waals surface area contributed by atoms with Crippen LogP contribution in [-0.2, 0) is 16.0 Å². The topological polar surface area (TPSA) is 67.4 Å². The van der Waals surface area contributed by atoms with Crippen LogP contribution in [0, 0.1) is 6.92 Å². The van der Waals surface area contributed by atoms with Crippen molar-refractivity contribution in [3.63, 3.8) is 0 Å². The van der Waals surface area contributed by atoms with Gasteiger partial charge in [-0.3, -0.25) is 20.4 Å². The van der Waals surface area contributed by atoms with Crippen LogP contribution >= 0.6 is 11.6 Å². The van der Waals surface area contributed by atoms with E-state index in [1.54, 1.807) is 24.3 Å². The maximum atomic E-state index is 11.9. The Morgan fingerprint density at radius 2 is 1.77 bits per heavy atom. The molecule has 0 aliphatic carbocycles. The zero-order valence-corrected chi connectivity index (χ0v) is 15.9. The smallest absolute Gasteiger partial charge is 0.276 e. The number of ether oxygens (including phenoxy) is 1. The second-order valence-electron chi connectivity index (χ2n) is 6.35. The molecule has 2 amide bonds. The predicted molar refractivity (Wildman–Crippen MR) is 102 cm³/mol. The first-order valence-electron chi connectivity index (χ1n) is 8.41. The van der Waals surface area contributed by atoms with Gasteiger partial charge < -0.3 is 4.74 Å². The number of amides is 2. The summed E-state index contributed by atoms with van der Waals surface area (Å²) in [5.74, 6) is 0.167. The first-order chi connectivity index (χ1) is 12.4. The van der Waals surface area contributed by atoms with Gasteiger partial charge in [-0.1, -0.05) is 55.8 Å². The Balaban J connectivity index is 1.83. The minimum atomic E-state index is -0.436. The molecule has 0 aromatic heterocycles. The molecule has 0 spiro atoms. The van der Waals surface area contributed by atoms with Crippen LogP contribution in [0.2, 0.25) is 5.02 Å². The number of carbonyl (C=O) groups excluding carboxylic acids is 2. The summed E-state index contributed by atoms with van der Waals surface area (Å²) in [6.45, 7) is 5.90. The van der Waals surface area contributed by atoms with Gasteiger partial charge in [0.2, 0.25) is 5.91 Å². The number of aryl methyl sites for hydroxylation is 1. The first-order valence-corrected chi connectivity index (χ1v) is 8.79. The summed E-state index contributed by atoms with van der Waals surface area (Å²) in [7, 11) is 0. The molecule has 0 bridgehead atoms. The van der Waals surface area contributed by atoms with E-state index >= 15 is 0 Å². The Labute approximate surface area is 158 Å². The molecule has 0 aliphatic heterocycles. The molecule has 138 valence electrons. The van der Waals surface area contributed by atoms with E-state index in [0.29, 0.717) is 16.3 Å². The summed E-state index contributed by atoms with van der Waals surface area (Å²) in [5, 5.41) is 0.512. The van der Waals surface area contributed by atoms with E-state index in [1.807, 2.05) is 25.1 Å². The van der Waals surface area contributed by atoms with E-state index in [9.17, 15) is 9.59 Å². The minimum absolute atomic E-state index is 0.0796. The Morgan fingerprint density at radius 1 is 1.08 bits per heavy atom. The molecule has 2 aromatic carbocycles. The van der Waals surface area contributed by atoms with Gasteiger partial charge in [0, 0.05) is 5.02 Å². The van der Waals surface area contributed by atoms with E-state index in [1.165, 1.54) is 0 Å². The summed E-state index contributed by atoms with van der Waals surface area (Å²) in [4.78, 5) is 23.8. The number of carbonyl (C=O) groups is 2. The molecule has 0 saturated heterocycles. The lowest BCUT2D eigenvalue weighted by atomic mass is 10.0. The van der Waals surface area contributed by atoms with Crippen LogP contribution in [-0.4, -0.2) is 18.4 Å². The number of rotatable bonds is 6. The second-order valence-corrected chi connectivity index (χ2v) is 6.76. The molecule has 0 heterocycles. The molecule has 0 atom stereocenters. The van der Waals surface area contributed by atoms with Crippen LogP contribution < -0.4 is 15.6 Å². The van der Waals surface area contributed by atoms with Crippen molar-refractivity contribution in [2.75, 3.05) is 6.61 Å². The highest BCUT2D eigenvalue weighted by molar-refractivity contribution is 6.31. The highest BCUT2D eigenvalue weighted by atomic mass is 35.5. The quantitative estimate of drug-likeness (QED) is 0.760. The van der Waals surface area contributed by atoms with Gasteiger partial charge in [0.1, 0.15) is 5.75 Å². The summed E-state index contributed by atoms with van der Waals surface area (Å²) >= 11 is 6.01. The minimum Gasteiger partial charge on any atom is -0.483 e. The molecule has 2 aromatic rings. The maximum absolute atomic E-state index is 11.9. The van der Waals surface area contributed by atoms with Gasteiger partial charge in [-0.15, -0.1) is 0 Å². The molecule has 5 nitrogen and oxygen atoms in total. The third-order valence-electron chi connectivity index (χ3n) is 3.80. The van der Waals surface area contributed by atoms with Gasteiger partial charge in [0.25, 0.3) is 5.91 Å². The average molecular weight is 375 g/mol. The average Bonchev–Trinajstić information content (AvgIpc) is 2.60. The monoisotopic (exact) mass is 374 g/mol. The van der Waals surface area contributed by atoms with Crippen molar-refractivity contribution in [2.24, 2.45) is 0 Å². The number of halogens is 1. The van der Waals surface area contributed by atoms with Gasteiger partial charge in [-0.25, -0.2) is 0 Å². The van der Waals surface area contributed by atoms with Crippen molar-refractivity contribution in [3.05, 3.63) is 64.2 Å². The number of nitrogens with one attached hydrogen (secondary N) is 2. The van der Waals surface area contributed by atoms with Crippen LogP contribution in [0.15, 0.2) is 42.5 Å². The van der Waals surface area contributed by atoms with Crippen LogP contribution in [0.25, 0.3) is 0 Å². The summed E-state index contributed by atoms with van der Waals surface area (Å²) in [6.07, 6.45) is 0.0796. The van der Waals surface area contributed by atoms with Gasteiger partial charge >= 0.3 is 0 Å². The lowest BCUT2D eigenvalue weighted by Crippen LogP contribution is -2.44. The third kappa shape index (κ3) is 5.77. The van der Waals surface area contributed by atoms with Crippen molar-refractivity contribution in [3.8, 4) is 5.75 Å². The van der Waals surface area contributed by atoms with Crippen molar-refractivity contribution in [1.29, 1.82) is 0 Å². The van der Waals surface area contributed by atoms with Crippen molar-refractivity contribution < 1.29 is 14.3 Å². The number of hydrazine groups is 1. The molecule has 0 saturated carbocycles. The molecule has 0 unspecified atom stereocenters. The van der Waals surface area contributed by atoms with Crippen LogP contribution in [0.5, 0.6) is 5.75 Å². The molecular weight excluding hydrogens is 352 g/mol. The van der Waals surface area contributed by atoms with E-state index in [-0.39, 0.29) is 24.9 Å². The van der Waals surface area contributed by atoms with Crippen molar-refractivity contribution in [1.82, 2.24) is 10.9 Å². The lowest BCUT2D eigenvalue weighted by molar-refractivity contribution is -0.129. The summed E-state index contributed by atoms with van der Waals surface area (Å²) < 4.78 is 5.63. The number of hydrogen-bond acceptors (Lipinski definition) is 3. The zero-order chi connectivity index (χ0) is 19.1. The van der Waals surface area contributed by atoms with Gasteiger partial charge in [0.05, 0.1) is 6.42 Å². The standard InChI is InChI=1S/C20H23ClN2O3/c1-13(2)16-9-8-14(3)10-18(16)26-12-20(25)23-22-19(24)11-15-6-4-5-7-17(15)21/h4-10,13H,11-12H2,1-3H3,(H,22,24)(H,23,25). The van der Waals surface area contributed by atoms with Gasteiger partial charge in [0.15, 0.2) is 6.61 Å². The second kappa shape index (κ2) is 9.25. The highest BCUT2D eigenvalue weighted by Gasteiger charge is 2.11. The SMILES string of the molecule is Cc1ccc(C(C)C)c(OCC(=O)NNC(=O)Cc2ccccc2Cl)c1. The zero-order valence-electron chi connectivity index (χ0n) is 15.1. The molecule has 0 radical (unpaired) electrons. The summed E-state index contributed by atoms with van der Waals surface area (Å²) in [6, 6.07) is 13.0. The number of hydrogen-bond donors (Lipinski definition) is 2. The van der Waals surface area contributed by atoms with Gasteiger partial charge in [-0.2, -0.15) is 0 Å².